The summed E-state index contributed by atoms with van der Waals surface area (Å²) in [7, 11) is -1.91. The smallest absolute Gasteiger partial charge is 0.346 e. The van der Waals surface area contributed by atoms with Crippen LogP contribution in [0.3, 0.4) is 0 Å². The molecule has 0 saturated heterocycles. The number of carboxylic acid groups (broad SMARTS) is 1. The number of halogens is 1. The Labute approximate surface area is 195 Å². The van der Waals surface area contributed by atoms with Gasteiger partial charge in [-0.25, -0.2) is 27.0 Å². The van der Waals surface area contributed by atoms with Gasteiger partial charge in [0, 0.05) is 18.5 Å². The monoisotopic (exact) mass is 505 g/mol. The van der Waals surface area contributed by atoms with E-state index in [0.29, 0.717) is 10.3 Å². The number of carbonyl (C=O) groups is 1. The molecule has 34 heavy (non-hydrogen) atoms. The van der Waals surface area contributed by atoms with Gasteiger partial charge in [-0.05, 0) is 18.2 Å². The fourth-order valence-corrected chi connectivity index (χ4v) is 5.57. The Kier molecular flexibility index (Phi) is 5.75. The third-order valence-electron chi connectivity index (χ3n) is 5.08. The van der Waals surface area contributed by atoms with E-state index in [1.807, 2.05) is 0 Å². The van der Waals surface area contributed by atoms with Crippen LogP contribution < -0.4 is 20.3 Å². The standard InChI is InChI=1S/C21H16FN3O7S2/c1-24(11-6-4-3-5-7-11)34(30,31)16-9-14(12(22)8-15(16)32-2)25-19(26)17-13(23-21(25)29)10-33-18(17)20(27)28/h3-10H,1-2H3,(H,23,29)(H,27,28). The van der Waals surface area contributed by atoms with Crippen molar-refractivity contribution in [1.29, 1.82) is 0 Å². The predicted octanol–water partition coefficient (Wildman–Crippen LogP) is 2.41. The van der Waals surface area contributed by atoms with E-state index in [2.05, 4.69) is 4.98 Å². The lowest BCUT2D eigenvalue weighted by Gasteiger charge is -2.21. The lowest BCUT2D eigenvalue weighted by Crippen LogP contribution is -2.35. The van der Waals surface area contributed by atoms with Gasteiger partial charge in [-0.1, -0.05) is 18.2 Å². The largest absolute Gasteiger partial charge is 0.495 e. The lowest BCUT2D eigenvalue weighted by atomic mass is 10.2. The van der Waals surface area contributed by atoms with Crippen LogP contribution in [0, 0.1) is 5.82 Å². The maximum atomic E-state index is 15.0. The third kappa shape index (κ3) is 3.64. The zero-order valence-electron chi connectivity index (χ0n) is 17.6. The number of benzene rings is 2. The second-order valence-electron chi connectivity index (χ2n) is 6.99. The molecule has 2 heterocycles. The lowest BCUT2D eigenvalue weighted by molar-refractivity contribution is 0.0704. The molecule has 4 rings (SSSR count). The first kappa shape index (κ1) is 23.2. The van der Waals surface area contributed by atoms with Crippen LogP contribution in [0.4, 0.5) is 10.1 Å². The van der Waals surface area contributed by atoms with Crippen LogP contribution in [0.25, 0.3) is 16.6 Å². The number of thiophene rings is 1. The topological polar surface area (TPSA) is 139 Å². The Morgan fingerprint density at radius 1 is 1.21 bits per heavy atom. The first-order valence-corrected chi connectivity index (χ1v) is 11.8. The molecule has 10 nitrogen and oxygen atoms in total. The molecule has 0 bridgehead atoms. The number of nitrogens with one attached hydrogen (secondary N) is 1. The Morgan fingerprint density at radius 3 is 2.50 bits per heavy atom. The number of para-hydroxylation sites is 1. The molecular weight excluding hydrogens is 489 g/mol. The Bertz CT molecular complexity index is 1660. The number of fused-ring (bicyclic) bond motifs is 1. The van der Waals surface area contributed by atoms with Crippen LogP contribution in [0.2, 0.25) is 0 Å². The molecule has 0 unspecified atom stereocenters. The molecule has 2 N–H and O–H groups in total. The van der Waals surface area contributed by atoms with Gasteiger partial charge in [-0.3, -0.25) is 9.10 Å². The van der Waals surface area contributed by atoms with Crippen LogP contribution in [0.15, 0.2) is 62.3 Å². The molecule has 2 aromatic carbocycles. The summed E-state index contributed by atoms with van der Waals surface area (Å²) in [6.45, 7) is 0. The molecule has 2 aromatic heterocycles. The number of methoxy groups -OCH3 is 1. The SMILES string of the molecule is COc1cc(F)c(-n2c(=O)[nH]c3csc(C(=O)O)c3c2=O)cc1S(=O)(=O)N(C)c1ccccc1. The maximum absolute atomic E-state index is 15.0. The summed E-state index contributed by atoms with van der Waals surface area (Å²) in [6.07, 6.45) is 0. The van der Waals surface area contributed by atoms with E-state index in [9.17, 15) is 27.9 Å². The van der Waals surface area contributed by atoms with Crippen molar-refractivity contribution in [2.24, 2.45) is 0 Å². The van der Waals surface area contributed by atoms with Crippen LogP contribution in [0.5, 0.6) is 5.75 Å². The van der Waals surface area contributed by atoms with E-state index < -0.39 is 43.6 Å². The van der Waals surface area contributed by atoms with Gasteiger partial charge in [0.15, 0.2) is 5.82 Å². The van der Waals surface area contributed by atoms with Crippen molar-refractivity contribution < 1.29 is 27.4 Å². The highest BCUT2D eigenvalue weighted by Crippen LogP contribution is 2.32. The van der Waals surface area contributed by atoms with Crippen molar-refractivity contribution in [3.05, 3.63) is 79.4 Å². The van der Waals surface area contributed by atoms with Gasteiger partial charge >= 0.3 is 11.7 Å². The fourth-order valence-electron chi connectivity index (χ4n) is 3.39. The molecule has 4 aromatic rings. The van der Waals surface area contributed by atoms with Gasteiger partial charge in [0.2, 0.25) is 0 Å². The number of aromatic nitrogens is 2. The predicted molar refractivity (Wildman–Crippen MR) is 124 cm³/mol. The van der Waals surface area contributed by atoms with Crippen molar-refractivity contribution in [3.8, 4) is 11.4 Å². The summed E-state index contributed by atoms with van der Waals surface area (Å²) >= 11 is 0.718. The molecule has 0 saturated carbocycles. The molecule has 0 atom stereocenters. The number of aromatic amines is 1. The number of H-pyrrole nitrogens is 1. The molecule has 0 aliphatic carbocycles. The molecule has 0 aliphatic rings. The first-order valence-electron chi connectivity index (χ1n) is 9.49. The van der Waals surface area contributed by atoms with Gasteiger partial charge in [-0.2, -0.15) is 0 Å². The van der Waals surface area contributed by atoms with Crippen LogP contribution >= 0.6 is 11.3 Å². The van der Waals surface area contributed by atoms with E-state index in [-0.39, 0.29) is 21.5 Å². The fraction of sp³-hybridized carbons (Fsp3) is 0.0952. The Morgan fingerprint density at radius 2 is 1.88 bits per heavy atom. The van der Waals surface area contributed by atoms with Gasteiger partial charge in [0.05, 0.1) is 29.4 Å². The number of hydrogen-bond donors (Lipinski definition) is 2. The van der Waals surface area contributed by atoms with Gasteiger partial charge < -0.3 is 14.8 Å². The summed E-state index contributed by atoms with van der Waals surface area (Å²) in [5.74, 6) is -2.88. The van der Waals surface area contributed by atoms with Crippen molar-refractivity contribution >= 4 is 43.9 Å². The number of nitrogens with zero attached hydrogens (tertiary/aromatic N) is 2. The molecule has 0 amide bonds. The summed E-state index contributed by atoms with van der Waals surface area (Å²) in [4.78, 5) is 38.7. The minimum atomic E-state index is -4.34. The van der Waals surface area contributed by atoms with E-state index in [1.54, 1.807) is 30.3 Å². The summed E-state index contributed by atoms with van der Waals surface area (Å²) in [5.41, 5.74) is -2.59. The minimum Gasteiger partial charge on any atom is -0.495 e. The second-order valence-corrected chi connectivity index (χ2v) is 9.81. The second kappa shape index (κ2) is 8.43. The maximum Gasteiger partial charge on any atom is 0.346 e. The van der Waals surface area contributed by atoms with Crippen LogP contribution in [-0.4, -0.2) is 43.2 Å². The first-order chi connectivity index (χ1) is 16.1. The third-order valence-corrected chi connectivity index (χ3v) is 7.85. The van der Waals surface area contributed by atoms with E-state index in [1.165, 1.54) is 12.4 Å². The summed E-state index contributed by atoms with van der Waals surface area (Å²) < 4.78 is 48.1. The molecule has 0 aliphatic heterocycles. The molecule has 176 valence electrons. The van der Waals surface area contributed by atoms with Crippen molar-refractivity contribution in [1.82, 2.24) is 9.55 Å². The van der Waals surface area contributed by atoms with E-state index in [0.717, 1.165) is 34.9 Å². The number of sulfonamides is 1. The molecule has 13 heteroatoms. The molecular formula is C21H16FN3O7S2. The van der Waals surface area contributed by atoms with Gasteiger partial charge in [0.25, 0.3) is 15.6 Å². The van der Waals surface area contributed by atoms with Crippen LogP contribution in [0.1, 0.15) is 9.67 Å². The molecule has 0 spiro atoms. The Balaban J connectivity index is 2.01. The highest BCUT2D eigenvalue weighted by molar-refractivity contribution is 7.93. The average Bonchev–Trinajstić information content (AvgIpc) is 3.24. The average molecular weight is 506 g/mol. The summed E-state index contributed by atoms with van der Waals surface area (Å²) in [5, 5.41) is 10.3. The number of ether oxygens (including phenoxy) is 1. The Hall–Kier alpha value is -3.97. The zero-order valence-corrected chi connectivity index (χ0v) is 19.2. The molecule has 0 radical (unpaired) electrons. The van der Waals surface area contributed by atoms with E-state index in [4.69, 9.17) is 4.74 Å². The zero-order chi connectivity index (χ0) is 24.8. The number of rotatable bonds is 6. The van der Waals surface area contributed by atoms with Gasteiger partial charge in [-0.15, -0.1) is 11.3 Å². The number of aromatic carboxylic acids is 1. The van der Waals surface area contributed by atoms with Crippen molar-refractivity contribution in [3.63, 3.8) is 0 Å². The number of anilines is 1. The summed E-state index contributed by atoms with van der Waals surface area (Å²) in [6, 6.07) is 9.59. The van der Waals surface area contributed by atoms with Crippen molar-refractivity contribution in [2.45, 2.75) is 4.90 Å². The number of hydrogen-bond acceptors (Lipinski definition) is 7. The number of carboxylic acids is 1. The van der Waals surface area contributed by atoms with Crippen LogP contribution in [-0.2, 0) is 10.0 Å². The quantitative estimate of drug-likeness (QED) is 0.410. The highest BCUT2D eigenvalue weighted by Gasteiger charge is 2.29. The molecule has 0 fully saturated rings. The van der Waals surface area contributed by atoms with Gasteiger partial charge in [0.1, 0.15) is 15.5 Å². The van der Waals surface area contributed by atoms with E-state index >= 15 is 4.39 Å². The highest BCUT2D eigenvalue weighted by atomic mass is 32.2. The minimum absolute atomic E-state index is 0.0285. The van der Waals surface area contributed by atoms with Crippen molar-refractivity contribution in [2.75, 3.05) is 18.5 Å². The normalized spacial score (nSPS) is 11.5.